The van der Waals surface area contributed by atoms with E-state index in [1.165, 1.54) is 49.9 Å². The SMILES string of the molecule is CO/N=C/C=C/C(=O)N/C=C/C[C@H]1C[C@@H](O)[C@H]2O[C@H]2[C@@H](O)/C=C/c2cccc(O)c2C(=O)O1. The Morgan fingerprint density at radius 2 is 2.15 bits per heavy atom. The second-order valence-electron chi connectivity index (χ2n) is 7.43. The Bertz CT molecular complexity index is 971. The molecule has 0 bridgehead atoms. The maximum atomic E-state index is 12.8. The molecule has 10 nitrogen and oxygen atoms in total. The van der Waals surface area contributed by atoms with Crippen LogP contribution in [-0.2, 0) is 19.1 Å². The third-order valence-electron chi connectivity index (χ3n) is 5.05. The van der Waals surface area contributed by atoms with E-state index in [9.17, 15) is 24.9 Å². The molecule has 2 aliphatic heterocycles. The summed E-state index contributed by atoms with van der Waals surface area (Å²) in [5.41, 5.74) is 0.331. The second-order valence-corrected chi connectivity index (χ2v) is 7.43. The maximum Gasteiger partial charge on any atom is 0.342 e. The summed E-state index contributed by atoms with van der Waals surface area (Å²) in [4.78, 5) is 29.0. The summed E-state index contributed by atoms with van der Waals surface area (Å²) in [6.07, 6.45) is 6.20. The first-order valence-electron chi connectivity index (χ1n) is 10.3. The van der Waals surface area contributed by atoms with E-state index in [-0.39, 0.29) is 24.2 Å². The highest BCUT2D eigenvalue weighted by atomic mass is 16.6. The van der Waals surface area contributed by atoms with Crippen molar-refractivity contribution >= 4 is 24.2 Å². The number of carbonyl (C=O) groups excluding carboxylic acids is 2. The Hall–Kier alpha value is -3.47. The van der Waals surface area contributed by atoms with E-state index in [1.807, 2.05) is 0 Å². The van der Waals surface area contributed by atoms with E-state index in [4.69, 9.17) is 9.47 Å². The number of esters is 1. The number of nitrogens with one attached hydrogen (secondary N) is 1. The quantitative estimate of drug-likeness (QED) is 0.162. The van der Waals surface area contributed by atoms with E-state index in [0.29, 0.717) is 5.56 Å². The zero-order valence-electron chi connectivity index (χ0n) is 17.9. The number of phenols is 1. The largest absolute Gasteiger partial charge is 0.507 e. The molecule has 1 saturated heterocycles. The highest BCUT2D eigenvalue weighted by Gasteiger charge is 2.48. The number of rotatable bonds is 6. The molecule has 33 heavy (non-hydrogen) atoms. The van der Waals surface area contributed by atoms with Gasteiger partial charge in [0, 0.05) is 25.1 Å². The van der Waals surface area contributed by atoms with Gasteiger partial charge in [-0.3, -0.25) is 4.79 Å². The number of carbonyl (C=O) groups is 2. The van der Waals surface area contributed by atoms with Gasteiger partial charge in [-0.15, -0.1) is 0 Å². The van der Waals surface area contributed by atoms with Crippen molar-refractivity contribution < 1.29 is 39.2 Å². The zero-order chi connectivity index (χ0) is 23.8. The van der Waals surface area contributed by atoms with Crippen LogP contribution in [0, 0.1) is 0 Å². The molecule has 4 N–H and O–H groups in total. The van der Waals surface area contributed by atoms with Gasteiger partial charge in [-0.1, -0.05) is 35.5 Å². The molecule has 0 radical (unpaired) electrons. The average Bonchev–Trinajstić information content (AvgIpc) is 3.58. The van der Waals surface area contributed by atoms with Crippen LogP contribution < -0.4 is 5.32 Å². The summed E-state index contributed by atoms with van der Waals surface area (Å²) in [6.45, 7) is 0. The summed E-state index contributed by atoms with van der Waals surface area (Å²) in [5.74, 6) is -1.44. The maximum absolute atomic E-state index is 12.8. The Morgan fingerprint density at radius 3 is 2.94 bits per heavy atom. The number of epoxide rings is 1. The number of aromatic hydroxyl groups is 1. The zero-order valence-corrected chi connectivity index (χ0v) is 17.9. The molecule has 2 heterocycles. The fraction of sp³-hybridized carbons (Fsp3) is 0.348. The fourth-order valence-electron chi connectivity index (χ4n) is 3.39. The van der Waals surface area contributed by atoms with Crippen LogP contribution in [0.15, 0.2) is 53.9 Å². The Kier molecular flexibility index (Phi) is 8.36. The number of aliphatic hydroxyl groups excluding tert-OH is 2. The molecular formula is C23H26N2O8. The average molecular weight is 458 g/mol. The molecule has 1 aromatic rings. The molecule has 1 fully saturated rings. The van der Waals surface area contributed by atoms with Gasteiger partial charge in [-0.25, -0.2) is 4.79 Å². The van der Waals surface area contributed by atoms with Crippen molar-refractivity contribution in [2.75, 3.05) is 7.11 Å². The number of ether oxygens (including phenoxy) is 2. The lowest BCUT2D eigenvalue weighted by Gasteiger charge is -2.20. The van der Waals surface area contributed by atoms with Crippen LogP contribution in [0.5, 0.6) is 5.75 Å². The highest BCUT2D eigenvalue weighted by molar-refractivity contribution is 5.96. The van der Waals surface area contributed by atoms with Crippen molar-refractivity contribution in [2.45, 2.75) is 43.4 Å². The predicted octanol–water partition coefficient (Wildman–Crippen LogP) is 1.03. The van der Waals surface area contributed by atoms with Crippen LogP contribution in [0.1, 0.15) is 28.8 Å². The first-order chi connectivity index (χ1) is 15.9. The molecule has 0 unspecified atom stereocenters. The Labute approximate surface area is 190 Å². The summed E-state index contributed by atoms with van der Waals surface area (Å²) in [6, 6.07) is 4.55. The molecule has 5 atom stereocenters. The van der Waals surface area contributed by atoms with Gasteiger partial charge in [0.05, 0.1) is 12.3 Å². The summed E-state index contributed by atoms with van der Waals surface area (Å²) in [5, 5.41) is 37.0. The first kappa shape index (κ1) is 24.2. The second kappa shape index (κ2) is 11.4. The smallest absolute Gasteiger partial charge is 0.342 e. The number of amides is 1. The molecule has 0 saturated carbocycles. The van der Waals surface area contributed by atoms with Gasteiger partial charge in [0.15, 0.2) is 0 Å². The third kappa shape index (κ3) is 6.75. The molecule has 176 valence electrons. The van der Waals surface area contributed by atoms with Crippen LogP contribution in [0.4, 0.5) is 0 Å². The van der Waals surface area contributed by atoms with Crippen LogP contribution in [0.2, 0.25) is 0 Å². The number of allylic oxidation sites excluding steroid dienone is 1. The van der Waals surface area contributed by atoms with Crippen molar-refractivity contribution in [2.24, 2.45) is 5.16 Å². The van der Waals surface area contributed by atoms with Crippen molar-refractivity contribution in [3.05, 3.63) is 59.8 Å². The van der Waals surface area contributed by atoms with Gasteiger partial charge in [0.2, 0.25) is 5.91 Å². The number of aliphatic hydroxyl groups is 2. The number of oxime groups is 1. The molecule has 2 aliphatic rings. The van der Waals surface area contributed by atoms with Gasteiger partial charge >= 0.3 is 5.97 Å². The summed E-state index contributed by atoms with van der Waals surface area (Å²) >= 11 is 0. The minimum Gasteiger partial charge on any atom is -0.507 e. The predicted molar refractivity (Wildman–Crippen MR) is 118 cm³/mol. The minimum absolute atomic E-state index is 0.0396. The number of cyclic esters (lactones) is 1. The van der Waals surface area contributed by atoms with Crippen LogP contribution in [-0.4, -0.2) is 71.0 Å². The molecule has 0 spiro atoms. The number of hydrogen-bond acceptors (Lipinski definition) is 9. The summed E-state index contributed by atoms with van der Waals surface area (Å²) in [7, 11) is 1.38. The van der Waals surface area contributed by atoms with Crippen LogP contribution in [0.25, 0.3) is 6.08 Å². The molecule has 1 amide bonds. The Morgan fingerprint density at radius 1 is 1.33 bits per heavy atom. The lowest BCUT2D eigenvalue weighted by molar-refractivity contribution is -0.115. The van der Waals surface area contributed by atoms with Crippen LogP contribution in [0.3, 0.4) is 0 Å². The van der Waals surface area contributed by atoms with Crippen molar-refractivity contribution in [3.63, 3.8) is 0 Å². The molecule has 0 aliphatic carbocycles. The van der Waals surface area contributed by atoms with Crippen LogP contribution >= 0.6 is 0 Å². The van der Waals surface area contributed by atoms with Gasteiger partial charge in [0.1, 0.15) is 42.8 Å². The Balaban J connectivity index is 1.72. The first-order valence-corrected chi connectivity index (χ1v) is 10.3. The number of nitrogens with zero attached hydrogens (tertiary/aromatic N) is 1. The minimum atomic E-state index is -0.981. The molecular weight excluding hydrogens is 432 g/mol. The molecule has 0 aromatic heterocycles. The number of phenolic OH excluding ortho intramolecular Hbond substituents is 1. The van der Waals surface area contributed by atoms with E-state index >= 15 is 0 Å². The third-order valence-corrected chi connectivity index (χ3v) is 5.05. The highest BCUT2D eigenvalue weighted by Crippen LogP contribution is 2.33. The monoisotopic (exact) mass is 458 g/mol. The number of hydrogen-bond donors (Lipinski definition) is 4. The van der Waals surface area contributed by atoms with Crippen molar-refractivity contribution in [1.29, 1.82) is 0 Å². The molecule has 1 aromatic carbocycles. The molecule has 10 heteroatoms. The molecule has 3 rings (SSSR count). The van der Waals surface area contributed by atoms with Gasteiger partial charge in [-0.2, -0.15) is 0 Å². The van der Waals surface area contributed by atoms with E-state index in [2.05, 4.69) is 15.3 Å². The standard InChI is InChI=1S/C23H26N2O8/c1-31-25-12-4-8-19(29)24-11-3-6-15-13-18(28)22-21(33-22)17(27)10-9-14-5-2-7-16(26)20(14)23(30)32-15/h2-5,7-12,15,17-18,21-22,26-28H,6,13H2,1H3,(H,24,29)/b8-4+,10-9+,11-3+,25-12+/t15-,17-,18+,21-,22+/m0/s1. The van der Waals surface area contributed by atoms with E-state index in [1.54, 1.807) is 18.2 Å². The number of fused-ring (bicyclic) bond motifs is 2. The van der Waals surface area contributed by atoms with Gasteiger partial charge < -0.3 is 34.9 Å². The van der Waals surface area contributed by atoms with Gasteiger partial charge in [0.25, 0.3) is 0 Å². The van der Waals surface area contributed by atoms with Gasteiger partial charge in [-0.05, 0) is 17.7 Å². The topological polar surface area (TPSA) is 150 Å². The van der Waals surface area contributed by atoms with Crippen molar-refractivity contribution in [1.82, 2.24) is 5.32 Å². The summed E-state index contributed by atoms with van der Waals surface area (Å²) < 4.78 is 11.0. The lowest BCUT2D eigenvalue weighted by atomic mass is 10.00. The van der Waals surface area contributed by atoms with E-state index < -0.39 is 42.4 Å². The number of benzene rings is 1. The van der Waals surface area contributed by atoms with Crippen molar-refractivity contribution in [3.8, 4) is 5.75 Å². The fourth-order valence-corrected chi connectivity index (χ4v) is 3.39. The lowest BCUT2D eigenvalue weighted by Crippen LogP contribution is -2.30. The normalized spacial score (nSPS) is 28.5. The van der Waals surface area contributed by atoms with E-state index in [0.717, 1.165) is 0 Å².